The normalized spacial score (nSPS) is 20.0. The molecule has 112 valence electrons. The molecule has 1 unspecified atom stereocenters. The Balaban J connectivity index is 1.90. The van der Waals surface area contributed by atoms with Crippen LogP contribution in [0.3, 0.4) is 0 Å². The Morgan fingerprint density at radius 3 is 2.90 bits per heavy atom. The lowest BCUT2D eigenvalue weighted by atomic mass is 9.89. The Morgan fingerprint density at radius 2 is 2.24 bits per heavy atom. The van der Waals surface area contributed by atoms with E-state index in [0.29, 0.717) is 18.1 Å². The van der Waals surface area contributed by atoms with Crippen molar-refractivity contribution in [2.24, 2.45) is 11.0 Å². The summed E-state index contributed by atoms with van der Waals surface area (Å²) in [7, 11) is 0. The average molecular weight is 286 g/mol. The van der Waals surface area contributed by atoms with Crippen LogP contribution >= 0.6 is 0 Å². The number of carbonyl (C=O) groups excluding carboxylic acids is 1. The van der Waals surface area contributed by atoms with Gasteiger partial charge in [0.05, 0.1) is 0 Å². The van der Waals surface area contributed by atoms with Gasteiger partial charge in [0.2, 0.25) is 0 Å². The first kappa shape index (κ1) is 15.3. The molecule has 1 aliphatic carbocycles. The van der Waals surface area contributed by atoms with Gasteiger partial charge in [0.15, 0.2) is 0 Å². The van der Waals surface area contributed by atoms with Gasteiger partial charge in [-0.25, -0.2) is 5.43 Å². The Bertz CT molecular complexity index is 520. The molecule has 1 atom stereocenters. The van der Waals surface area contributed by atoms with Gasteiger partial charge in [-0.1, -0.05) is 19.6 Å². The zero-order chi connectivity index (χ0) is 15.1. The van der Waals surface area contributed by atoms with Gasteiger partial charge in [-0.2, -0.15) is 5.10 Å². The monoisotopic (exact) mass is 286 g/mol. The van der Waals surface area contributed by atoms with Crippen molar-refractivity contribution in [3.63, 3.8) is 0 Å². The second-order valence-corrected chi connectivity index (χ2v) is 5.44. The molecule has 1 saturated carbocycles. The van der Waals surface area contributed by atoms with Crippen LogP contribution in [0.1, 0.15) is 43.0 Å². The van der Waals surface area contributed by atoms with E-state index in [4.69, 9.17) is 4.74 Å². The molecule has 1 aromatic carbocycles. The molecule has 1 amide bonds. The van der Waals surface area contributed by atoms with E-state index in [1.54, 1.807) is 30.3 Å². The van der Waals surface area contributed by atoms with Crippen molar-refractivity contribution in [1.29, 1.82) is 0 Å². The molecule has 1 aliphatic rings. The van der Waals surface area contributed by atoms with Crippen molar-refractivity contribution >= 4 is 11.6 Å². The number of ether oxygens (including phenoxy) is 1. The van der Waals surface area contributed by atoms with Gasteiger partial charge < -0.3 is 4.74 Å². The number of benzene rings is 1. The third kappa shape index (κ3) is 4.74. The van der Waals surface area contributed by atoms with Gasteiger partial charge in [-0.05, 0) is 55.9 Å². The van der Waals surface area contributed by atoms with Gasteiger partial charge in [-0.3, -0.25) is 4.79 Å². The molecular formula is C17H22N2O2. The second-order valence-electron chi connectivity index (χ2n) is 5.44. The first-order valence-electron chi connectivity index (χ1n) is 7.38. The van der Waals surface area contributed by atoms with Crippen molar-refractivity contribution < 1.29 is 9.53 Å². The third-order valence-electron chi connectivity index (χ3n) is 3.55. The molecular weight excluding hydrogens is 264 g/mol. The molecule has 0 aromatic heterocycles. The van der Waals surface area contributed by atoms with E-state index in [2.05, 4.69) is 24.0 Å². The van der Waals surface area contributed by atoms with Gasteiger partial charge in [0, 0.05) is 11.3 Å². The standard InChI is InChI=1S/C17H22N2O2/c1-3-11-21-16-9-7-14(8-10-16)17(20)19-18-15-6-4-5-13(2)12-15/h3,7-10,13H,1,4-6,11-12H2,2H3,(H,19,20). The number of nitrogens with one attached hydrogen (secondary N) is 1. The van der Waals surface area contributed by atoms with Crippen molar-refractivity contribution in [3.05, 3.63) is 42.5 Å². The van der Waals surface area contributed by atoms with Crippen LogP contribution in [0.15, 0.2) is 42.0 Å². The molecule has 21 heavy (non-hydrogen) atoms. The van der Waals surface area contributed by atoms with Crippen LogP contribution in [0, 0.1) is 5.92 Å². The Morgan fingerprint density at radius 1 is 1.48 bits per heavy atom. The van der Waals surface area contributed by atoms with Crippen molar-refractivity contribution in [1.82, 2.24) is 5.43 Å². The van der Waals surface area contributed by atoms with E-state index in [1.807, 2.05) is 0 Å². The molecule has 0 saturated heterocycles. The smallest absolute Gasteiger partial charge is 0.271 e. The van der Waals surface area contributed by atoms with Crippen LogP contribution in [-0.2, 0) is 0 Å². The summed E-state index contributed by atoms with van der Waals surface area (Å²) in [5.41, 5.74) is 4.31. The van der Waals surface area contributed by atoms with Crippen LogP contribution in [0.5, 0.6) is 5.75 Å². The van der Waals surface area contributed by atoms with E-state index in [-0.39, 0.29) is 5.91 Å². The fourth-order valence-electron chi connectivity index (χ4n) is 2.41. The van der Waals surface area contributed by atoms with Gasteiger partial charge in [-0.15, -0.1) is 0 Å². The highest BCUT2D eigenvalue weighted by Crippen LogP contribution is 2.21. The lowest BCUT2D eigenvalue weighted by Crippen LogP contribution is -2.22. The Labute approximate surface area is 125 Å². The molecule has 0 heterocycles. The SMILES string of the molecule is C=CCOc1ccc(C(=O)NN=C2CCCC(C)C2)cc1. The second kappa shape index (κ2) is 7.62. The predicted molar refractivity (Wildman–Crippen MR) is 84.7 cm³/mol. The summed E-state index contributed by atoms with van der Waals surface area (Å²) in [4.78, 5) is 12.0. The molecule has 0 aliphatic heterocycles. The van der Waals surface area contributed by atoms with E-state index >= 15 is 0 Å². The largest absolute Gasteiger partial charge is 0.490 e. The number of nitrogens with zero attached hydrogens (tertiary/aromatic N) is 1. The minimum Gasteiger partial charge on any atom is -0.490 e. The van der Waals surface area contributed by atoms with Gasteiger partial charge in [0.25, 0.3) is 5.91 Å². The van der Waals surface area contributed by atoms with Crippen molar-refractivity contribution in [3.8, 4) is 5.75 Å². The maximum Gasteiger partial charge on any atom is 0.271 e. The number of hydrogen-bond acceptors (Lipinski definition) is 3. The number of hydrogen-bond donors (Lipinski definition) is 1. The highest BCUT2D eigenvalue weighted by molar-refractivity contribution is 5.95. The first-order chi connectivity index (χ1) is 10.2. The lowest BCUT2D eigenvalue weighted by molar-refractivity contribution is 0.0954. The van der Waals surface area contributed by atoms with Crippen LogP contribution < -0.4 is 10.2 Å². The minimum absolute atomic E-state index is 0.184. The molecule has 1 N–H and O–H groups in total. The highest BCUT2D eigenvalue weighted by Gasteiger charge is 2.14. The molecule has 1 aromatic rings. The molecule has 0 spiro atoms. The van der Waals surface area contributed by atoms with Gasteiger partial charge in [0.1, 0.15) is 12.4 Å². The van der Waals surface area contributed by atoms with Crippen LogP contribution in [0.2, 0.25) is 0 Å². The fraction of sp³-hybridized carbons (Fsp3) is 0.412. The molecule has 4 nitrogen and oxygen atoms in total. The molecule has 0 bridgehead atoms. The molecule has 0 radical (unpaired) electrons. The summed E-state index contributed by atoms with van der Waals surface area (Å²) in [6.07, 6.45) is 6.06. The van der Waals surface area contributed by atoms with E-state index in [0.717, 1.165) is 30.7 Å². The predicted octanol–water partition coefficient (Wildman–Crippen LogP) is 3.55. The summed E-state index contributed by atoms with van der Waals surface area (Å²) >= 11 is 0. The number of carbonyl (C=O) groups is 1. The molecule has 1 fully saturated rings. The maximum absolute atomic E-state index is 12.0. The quantitative estimate of drug-likeness (QED) is 0.665. The number of rotatable bonds is 5. The van der Waals surface area contributed by atoms with E-state index in [9.17, 15) is 4.79 Å². The maximum atomic E-state index is 12.0. The Hall–Kier alpha value is -2.10. The number of amides is 1. The zero-order valence-electron chi connectivity index (χ0n) is 12.5. The zero-order valence-corrected chi connectivity index (χ0v) is 12.5. The first-order valence-corrected chi connectivity index (χ1v) is 7.38. The van der Waals surface area contributed by atoms with Crippen molar-refractivity contribution in [2.75, 3.05) is 6.61 Å². The van der Waals surface area contributed by atoms with E-state index < -0.39 is 0 Å². The summed E-state index contributed by atoms with van der Waals surface area (Å²) < 4.78 is 5.38. The van der Waals surface area contributed by atoms with Crippen LogP contribution in [-0.4, -0.2) is 18.2 Å². The summed E-state index contributed by atoms with van der Waals surface area (Å²) in [6.45, 7) is 6.27. The van der Waals surface area contributed by atoms with Crippen LogP contribution in [0.25, 0.3) is 0 Å². The number of hydrazone groups is 1. The lowest BCUT2D eigenvalue weighted by Gasteiger charge is -2.18. The summed E-state index contributed by atoms with van der Waals surface area (Å²) in [5, 5.41) is 4.25. The fourth-order valence-corrected chi connectivity index (χ4v) is 2.41. The highest BCUT2D eigenvalue weighted by atomic mass is 16.5. The van der Waals surface area contributed by atoms with Crippen LogP contribution in [0.4, 0.5) is 0 Å². The summed E-state index contributed by atoms with van der Waals surface area (Å²) in [6, 6.07) is 7.01. The summed E-state index contributed by atoms with van der Waals surface area (Å²) in [5.74, 6) is 1.20. The molecule has 4 heteroatoms. The molecule has 2 rings (SSSR count). The minimum atomic E-state index is -0.184. The average Bonchev–Trinajstić information content (AvgIpc) is 2.51. The Kier molecular flexibility index (Phi) is 5.55. The van der Waals surface area contributed by atoms with E-state index in [1.165, 1.54) is 6.42 Å². The van der Waals surface area contributed by atoms with Gasteiger partial charge >= 0.3 is 0 Å². The van der Waals surface area contributed by atoms with Crippen molar-refractivity contribution in [2.45, 2.75) is 32.6 Å². The third-order valence-corrected chi connectivity index (χ3v) is 3.55. The topological polar surface area (TPSA) is 50.7 Å².